The summed E-state index contributed by atoms with van der Waals surface area (Å²) in [5, 5.41) is -0.659. The van der Waals surface area contributed by atoms with E-state index in [1.54, 1.807) is 25.1 Å². The van der Waals surface area contributed by atoms with Crippen LogP contribution in [0.3, 0.4) is 0 Å². The van der Waals surface area contributed by atoms with Gasteiger partial charge in [-0.15, -0.1) is 0 Å². The molecule has 0 amide bonds. The highest BCUT2D eigenvalue weighted by atomic mass is 79.9. The first-order valence-corrected chi connectivity index (χ1v) is 6.31. The molecule has 0 aliphatic rings. The Morgan fingerprint density at radius 2 is 2.07 bits per heavy atom. The summed E-state index contributed by atoms with van der Waals surface area (Å²) in [6.45, 7) is 1.58. The molecule has 3 nitrogen and oxygen atoms in total. The maximum atomic E-state index is 11.9. The molecule has 0 fully saturated rings. The second-order valence-electron chi connectivity index (χ2n) is 2.89. The number of carbonyl (C=O) groups is 1. The molecule has 82 valence electrons. The van der Waals surface area contributed by atoms with E-state index in [9.17, 15) is 9.00 Å². The fraction of sp³-hybridized carbons (Fsp3) is 0.300. The van der Waals surface area contributed by atoms with E-state index in [1.807, 2.05) is 6.07 Å². The quantitative estimate of drug-likeness (QED) is 0.801. The summed E-state index contributed by atoms with van der Waals surface area (Å²) in [6.07, 6.45) is 0. The highest BCUT2D eigenvalue weighted by molar-refractivity contribution is 9.10. The molecule has 0 aliphatic carbocycles. The van der Waals surface area contributed by atoms with E-state index in [4.69, 9.17) is 0 Å². The Bertz CT molecular complexity index is 392. The Morgan fingerprint density at radius 1 is 1.47 bits per heavy atom. The van der Waals surface area contributed by atoms with Crippen molar-refractivity contribution in [3.63, 3.8) is 0 Å². The third-order valence-electron chi connectivity index (χ3n) is 1.91. The summed E-state index contributed by atoms with van der Waals surface area (Å²) in [6, 6.07) is 7.12. The van der Waals surface area contributed by atoms with Crippen molar-refractivity contribution in [1.29, 1.82) is 0 Å². The number of carbonyl (C=O) groups excluding carboxylic acids is 1. The number of esters is 1. The van der Waals surface area contributed by atoms with Gasteiger partial charge in [-0.05, 0) is 35.0 Å². The second kappa shape index (κ2) is 5.42. The van der Waals surface area contributed by atoms with Crippen LogP contribution in [0.25, 0.3) is 0 Å². The maximum absolute atomic E-state index is 11.9. The minimum atomic E-state index is -1.39. The molecule has 0 aliphatic heterocycles. The van der Waals surface area contributed by atoms with Crippen molar-refractivity contribution in [2.24, 2.45) is 0 Å². The molecule has 1 aromatic carbocycles. The van der Waals surface area contributed by atoms with Crippen LogP contribution >= 0.6 is 15.9 Å². The zero-order valence-corrected chi connectivity index (χ0v) is 10.8. The molecule has 0 saturated heterocycles. The average molecular weight is 291 g/mol. The minimum absolute atomic E-state index is 0.468. The standard InChI is InChI=1S/C10H11BrO3S/c1-7(10(12)14-2)15(13)9-6-4-3-5-8(9)11/h3-7H,1-2H3. The van der Waals surface area contributed by atoms with E-state index in [0.717, 1.165) is 4.47 Å². The third kappa shape index (κ3) is 2.89. The molecular formula is C10H11BrO3S. The zero-order chi connectivity index (χ0) is 11.4. The van der Waals surface area contributed by atoms with Gasteiger partial charge in [0.2, 0.25) is 0 Å². The van der Waals surface area contributed by atoms with Gasteiger partial charge in [0.05, 0.1) is 22.8 Å². The molecule has 15 heavy (non-hydrogen) atoms. The lowest BCUT2D eigenvalue weighted by molar-refractivity contribution is -0.139. The van der Waals surface area contributed by atoms with E-state index < -0.39 is 22.0 Å². The monoisotopic (exact) mass is 290 g/mol. The van der Waals surface area contributed by atoms with Gasteiger partial charge in [0.15, 0.2) is 0 Å². The number of ether oxygens (including phenoxy) is 1. The number of benzene rings is 1. The van der Waals surface area contributed by atoms with Gasteiger partial charge in [-0.1, -0.05) is 12.1 Å². The number of rotatable bonds is 3. The molecular weight excluding hydrogens is 280 g/mol. The van der Waals surface area contributed by atoms with Crippen LogP contribution in [0.5, 0.6) is 0 Å². The van der Waals surface area contributed by atoms with Gasteiger partial charge in [-0.2, -0.15) is 0 Å². The first-order valence-electron chi connectivity index (χ1n) is 4.31. The van der Waals surface area contributed by atoms with Crippen molar-refractivity contribution in [1.82, 2.24) is 0 Å². The summed E-state index contributed by atoms with van der Waals surface area (Å²) >= 11 is 3.29. The SMILES string of the molecule is COC(=O)C(C)S(=O)c1ccccc1Br. The number of methoxy groups -OCH3 is 1. The Kier molecular flexibility index (Phi) is 4.47. The van der Waals surface area contributed by atoms with Crippen LogP contribution in [0, 0.1) is 0 Å². The molecule has 0 spiro atoms. The van der Waals surface area contributed by atoms with Crippen molar-refractivity contribution in [2.75, 3.05) is 7.11 Å². The zero-order valence-electron chi connectivity index (χ0n) is 8.40. The molecule has 0 aromatic heterocycles. The molecule has 0 heterocycles. The van der Waals surface area contributed by atoms with Gasteiger partial charge >= 0.3 is 5.97 Å². The lowest BCUT2D eigenvalue weighted by atomic mass is 10.4. The predicted molar refractivity (Wildman–Crippen MR) is 62.0 cm³/mol. The number of halogens is 1. The van der Waals surface area contributed by atoms with Crippen LogP contribution in [0.1, 0.15) is 6.92 Å². The fourth-order valence-corrected chi connectivity index (χ4v) is 2.94. The van der Waals surface area contributed by atoms with Crippen LogP contribution in [-0.2, 0) is 20.3 Å². The highest BCUT2D eigenvalue weighted by Crippen LogP contribution is 2.22. The van der Waals surface area contributed by atoms with Crippen LogP contribution in [0.2, 0.25) is 0 Å². The molecule has 1 rings (SSSR count). The van der Waals surface area contributed by atoms with Crippen LogP contribution in [-0.4, -0.2) is 22.5 Å². The summed E-state index contributed by atoms with van der Waals surface area (Å²) in [5.74, 6) is -0.468. The largest absolute Gasteiger partial charge is 0.468 e. The number of hydrogen-bond donors (Lipinski definition) is 0. The molecule has 2 atom stereocenters. The van der Waals surface area contributed by atoms with Crippen LogP contribution in [0.4, 0.5) is 0 Å². The Morgan fingerprint density at radius 3 is 2.60 bits per heavy atom. The van der Waals surface area contributed by atoms with Crippen LogP contribution in [0.15, 0.2) is 33.6 Å². The van der Waals surface area contributed by atoms with Crippen molar-refractivity contribution in [3.05, 3.63) is 28.7 Å². The topological polar surface area (TPSA) is 43.4 Å². The van der Waals surface area contributed by atoms with E-state index in [2.05, 4.69) is 20.7 Å². The van der Waals surface area contributed by atoms with Crippen LogP contribution < -0.4 is 0 Å². The highest BCUT2D eigenvalue weighted by Gasteiger charge is 2.23. The van der Waals surface area contributed by atoms with Crippen molar-refractivity contribution in [3.8, 4) is 0 Å². The predicted octanol–water partition coefficient (Wildman–Crippen LogP) is 2.12. The first kappa shape index (κ1) is 12.4. The second-order valence-corrected chi connectivity index (χ2v) is 5.49. The summed E-state index contributed by atoms with van der Waals surface area (Å²) in [4.78, 5) is 11.8. The average Bonchev–Trinajstić information content (AvgIpc) is 2.26. The lowest BCUT2D eigenvalue weighted by Crippen LogP contribution is -2.24. The number of hydrogen-bond acceptors (Lipinski definition) is 3. The Balaban J connectivity index is 2.95. The van der Waals surface area contributed by atoms with Gasteiger partial charge in [-0.3, -0.25) is 9.00 Å². The smallest absolute Gasteiger partial charge is 0.321 e. The van der Waals surface area contributed by atoms with E-state index >= 15 is 0 Å². The summed E-state index contributed by atoms with van der Waals surface area (Å²) < 4.78 is 17.2. The maximum Gasteiger partial charge on any atom is 0.321 e. The molecule has 1 aromatic rings. The van der Waals surface area contributed by atoms with Gasteiger partial charge in [0.25, 0.3) is 0 Å². The van der Waals surface area contributed by atoms with Gasteiger partial charge in [0, 0.05) is 4.47 Å². The molecule has 0 radical (unpaired) electrons. The molecule has 0 saturated carbocycles. The molecule has 0 N–H and O–H groups in total. The third-order valence-corrected chi connectivity index (χ3v) is 4.49. The minimum Gasteiger partial charge on any atom is -0.468 e. The molecule has 0 bridgehead atoms. The normalized spacial score (nSPS) is 14.3. The summed E-state index contributed by atoms with van der Waals surface area (Å²) in [5.41, 5.74) is 0. The van der Waals surface area contributed by atoms with E-state index in [-0.39, 0.29) is 0 Å². The van der Waals surface area contributed by atoms with Gasteiger partial charge in [0.1, 0.15) is 5.25 Å². The molecule has 5 heteroatoms. The first-order chi connectivity index (χ1) is 7.07. The van der Waals surface area contributed by atoms with E-state index in [1.165, 1.54) is 7.11 Å². The molecule has 2 unspecified atom stereocenters. The fourth-order valence-electron chi connectivity index (χ4n) is 1.05. The summed E-state index contributed by atoms with van der Waals surface area (Å²) in [7, 11) is -0.103. The Hall–Kier alpha value is -0.680. The van der Waals surface area contributed by atoms with Crippen molar-refractivity contribution in [2.45, 2.75) is 17.1 Å². The lowest BCUT2D eigenvalue weighted by Gasteiger charge is -2.10. The van der Waals surface area contributed by atoms with E-state index in [0.29, 0.717) is 4.90 Å². The van der Waals surface area contributed by atoms with Gasteiger partial charge < -0.3 is 4.74 Å². The van der Waals surface area contributed by atoms with Crippen molar-refractivity contribution >= 4 is 32.7 Å². The van der Waals surface area contributed by atoms with Gasteiger partial charge in [-0.25, -0.2) is 0 Å². The Labute approximate surface area is 99.4 Å². The van der Waals surface area contributed by atoms with Crippen molar-refractivity contribution < 1.29 is 13.7 Å².